The van der Waals surface area contributed by atoms with Crippen LogP contribution in [0.25, 0.3) is 0 Å². The highest BCUT2D eigenvalue weighted by Crippen LogP contribution is 2.01. The van der Waals surface area contributed by atoms with Crippen LogP contribution in [0, 0.1) is 5.82 Å². The van der Waals surface area contributed by atoms with E-state index >= 15 is 0 Å². The molecule has 0 heterocycles. The summed E-state index contributed by atoms with van der Waals surface area (Å²) in [5, 5.41) is 0. The van der Waals surface area contributed by atoms with Gasteiger partial charge in [0.2, 0.25) is 0 Å². The van der Waals surface area contributed by atoms with Crippen molar-refractivity contribution in [1.82, 2.24) is 0 Å². The second kappa shape index (κ2) is 5.90. The summed E-state index contributed by atoms with van der Waals surface area (Å²) in [5.41, 5.74) is 1.18. The minimum absolute atomic E-state index is 0.160. The van der Waals surface area contributed by atoms with Gasteiger partial charge in [0, 0.05) is 0 Å². The summed E-state index contributed by atoms with van der Waals surface area (Å²) < 4.78 is 12.2. The first-order chi connectivity index (χ1) is 5.33. The summed E-state index contributed by atoms with van der Waals surface area (Å²) in [7, 11) is 0. The van der Waals surface area contributed by atoms with E-state index in [-0.39, 0.29) is 5.82 Å². The van der Waals surface area contributed by atoms with Crippen molar-refractivity contribution in [2.24, 2.45) is 0 Å². The van der Waals surface area contributed by atoms with Gasteiger partial charge in [-0.15, -0.1) is 0 Å². The van der Waals surface area contributed by atoms with Gasteiger partial charge in [-0.2, -0.15) is 0 Å². The van der Waals surface area contributed by atoms with Crippen molar-refractivity contribution < 1.29 is 4.39 Å². The van der Waals surface area contributed by atoms with Crippen LogP contribution in [-0.2, 0) is 6.42 Å². The average molecular weight is 154 g/mol. The summed E-state index contributed by atoms with van der Waals surface area (Å²) in [5.74, 6) is -0.160. The van der Waals surface area contributed by atoms with Crippen LogP contribution >= 0.6 is 0 Å². The van der Waals surface area contributed by atoms with E-state index in [2.05, 4.69) is 0 Å². The van der Waals surface area contributed by atoms with E-state index in [9.17, 15) is 4.39 Å². The molecule has 0 bridgehead atoms. The molecule has 0 aliphatic carbocycles. The molecule has 1 heteroatoms. The van der Waals surface area contributed by atoms with Crippen molar-refractivity contribution in [3.8, 4) is 0 Å². The second-order valence-electron chi connectivity index (χ2n) is 1.98. The van der Waals surface area contributed by atoms with Crippen LogP contribution in [0.2, 0.25) is 0 Å². The van der Waals surface area contributed by atoms with E-state index in [1.807, 2.05) is 20.8 Å². The third-order valence-corrected chi connectivity index (χ3v) is 1.32. The lowest BCUT2D eigenvalue weighted by atomic mass is 10.2. The molecule has 0 aliphatic heterocycles. The Labute approximate surface area is 68.1 Å². The van der Waals surface area contributed by atoms with Crippen LogP contribution in [0.15, 0.2) is 24.3 Å². The van der Waals surface area contributed by atoms with Crippen LogP contribution < -0.4 is 0 Å². The Balaban J connectivity index is 0.000000461. The fraction of sp³-hybridized carbons (Fsp3) is 0.400. The Bertz CT molecular complexity index is 177. The molecule has 0 saturated heterocycles. The molecule has 0 N–H and O–H groups in total. The van der Waals surface area contributed by atoms with Gasteiger partial charge in [0.1, 0.15) is 5.82 Å². The average Bonchev–Trinajstić information content (AvgIpc) is 2.10. The van der Waals surface area contributed by atoms with Crippen molar-refractivity contribution in [2.75, 3.05) is 0 Å². The Hall–Kier alpha value is -0.850. The monoisotopic (exact) mass is 154 g/mol. The Morgan fingerprint density at radius 2 is 1.55 bits per heavy atom. The maximum absolute atomic E-state index is 12.2. The molecule has 11 heavy (non-hydrogen) atoms. The van der Waals surface area contributed by atoms with Gasteiger partial charge in [-0.05, 0) is 24.1 Å². The van der Waals surface area contributed by atoms with Gasteiger partial charge >= 0.3 is 0 Å². The zero-order chi connectivity index (χ0) is 8.69. The van der Waals surface area contributed by atoms with Gasteiger partial charge in [-0.3, -0.25) is 0 Å². The molecule has 1 rings (SSSR count). The SMILES string of the molecule is CC.CCc1ccc(F)cc1. The van der Waals surface area contributed by atoms with E-state index in [4.69, 9.17) is 0 Å². The minimum atomic E-state index is -0.160. The normalized spacial score (nSPS) is 8.36. The Morgan fingerprint density at radius 1 is 1.09 bits per heavy atom. The van der Waals surface area contributed by atoms with Crippen molar-refractivity contribution in [2.45, 2.75) is 27.2 Å². The predicted molar refractivity (Wildman–Crippen MR) is 47.1 cm³/mol. The number of halogens is 1. The first kappa shape index (κ1) is 10.2. The van der Waals surface area contributed by atoms with Crippen molar-refractivity contribution in [1.29, 1.82) is 0 Å². The van der Waals surface area contributed by atoms with Crippen LogP contribution in [0.5, 0.6) is 0 Å². The molecular weight excluding hydrogens is 139 g/mol. The summed E-state index contributed by atoms with van der Waals surface area (Å²) in [6.45, 7) is 6.05. The number of hydrogen-bond donors (Lipinski definition) is 0. The number of rotatable bonds is 1. The molecule has 0 atom stereocenters. The smallest absolute Gasteiger partial charge is 0.123 e. The summed E-state index contributed by atoms with van der Waals surface area (Å²) in [6, 6.07) is 6.57. The van der Waals surface area contributed by atoms with Gasteiger partial charge in [-0.25, -0.2) is 4.39 Å². The standard InChI is InChI=1S/C8H9F.C2H6/c1-2-7-3-5-8(9)6-4-7;1-2/h3-6H,2H2,1H3;1-2H3. The van der Waals surface area contributed by atoms with E-state index in [1.165, 1.54) is 17.7 Å². The summed E-state index contributed by atoms with van der Waals surface area (Å²) in [6.07, 6.45) is 0.972. The third kappa shape index (κ3) is 3.76. The number of hydrogen-bond acceptors (Lipinski definition) is 0. The molecular formula is C10H15F. The molecule has 1 aromatic rings. The van der Waals surface area contributed by atoms with Gasteiger partial charge in [0.25, 0.3) is 0 Å². The lowest BCUT2D eigenvalue weighted by Gasteiger charge is -1.92. The highest BCUT2D eigenvalue weighted by atomic mass is 19.1. The summed E-state index contributed by atoms with van der Waals surface area (Å²) >= 11 is 0. The lowest BCUT2D eigenvalue weighted by Crippen LogP contribution is -1.78. The van der Waals surface area contributed by atoms with E-state index in [1.54, 1.807) is 12.1 Å². The first-order valence-corrected chi connectivity index (χ1v) is 4.07. The predicted octanol–water partition coefficient (Wildman–Crippen LogP) is 3.41. The number of aryl methyl sites for hydroxylation is 1. The zero-order valence-electron chi connectivity index (χ0n) is 7.39. The molecule has 0 saturated carbocycles. The highest BCUT2D eigenvalue weighted by molar-refractivity contribution is 5.15. The first-order valence-electron chi connectivity index (χ1n) is 4.07. The molecule has 0 fully saturated rings. The van der Waals surface area contributed by atoms with E-state index in [0.717, 1.165) is 6.42 Å². The molecule has 0 aliphatic rings. The molecule has 0 unspecified atom stereocenters. The maximum Gasteiger partial charge on any atom is 0.123 e. The second-order valence-corrected chi connectivity index (χ2v) is 1.98. The molecule has 0 aromatic heterocycles. The Kier molecular flexibility index (Phi) is 5.44. The van der Waals surface area contributed by atoms with Gasteiger partial charge in [-0.1, -0.05) is 32.9 Å². The highest BCUT2D eigenvalue weighted by Gasteiger charge is 1.87. The third-order valence-electron chi connectivity index (χ3n) is 1.32. The quantitative estimate of drug-likeness (QED) is 0.581. The molecule has 1 aromatic carbocycles. The van der Waals surface area contributed by atoms with Crippen LogP contribution in [0.3, 0.4) is 0 Å². The van der Waals surface area contributed by atoms with Crippen molar-refractivity contribution in [3.05, 3.63) is 35.6 Å². The maximum atomic E-state index is 12.2. The van der Waals surface area contributed by atoms with Gasteiger partial charge < -0.3 is 0 Å². The van der Waals surface area contributed by atoms with E-state index in [0.29, 0.717) is 0 Å². The van der Waals surface area contributed by atoms with Crippen molar-refractivity contribution >= 4 is 0 Å². The molecule has 0 radical (unpaired) electrons. The molecule has 0 nitrogen and oxygen atoms in total. The topological polar surface area (TPSA) is 0 Å². The fourth-order valence-electron chi connectivity index (χ4n) is 0.720. The van der Waals surface area contributed by atoms with E-state index < -0.39 is 0 Å². The Morgan fingerprint density at radius 3 is 1.91 bits per heavy atom. The largest absolute Gasteiger partial charge is 0.207 e. The zero-order valence-corrected chi connectivity index (χ0v) is 7.39. The van der Waals surface area contributed by atoms with Crippen LogP contribution in [-0.4, -0.2) is 0 Å². The molecule has 0 spiro atoms. The van der Waals surface area contributed by atoms with Gasteiger partial charge in [0.05, 0.1) is 0 Å². The van der Waals surface area contributed by atoms with Crippen molar-refractivity contribution in [3.63, 3.8) is 0 Å². The minimum Gasteiger partial charge on any atom is -0.207 e. The lowest BCUT2D eigenvalue weighted by molar-refractivity contribution is 0.627. The molecule has 62 valence electrons. The van der Waals surface area contributed by atoms with Gasteiger partial charge in [0.15, 0.2) is 0 Å². The summed E-state index contributed by atoms with van der Waals surface area (Å²) in [4.78, 5) is 0. The van der Waals surface area contributed by atoms with Crippen LogP contribution in [0.1, 0.15) is 26.3 Å². The number of benzene rings is 1. The van der Waals surface area contributed by atoms with Crippen LogP contribution in [0.4, 0.5) is 4.39 Å². The fourth-order valence-corrected chi connectivity index (χ4v) is 0.720. The molecule has 0 amide bonds.